The van der Waals surface area contributed by atoms with Gasteiger partial charge in [0.05, 0.1) is 18.5 Å². The highest BCUT2D eigenvalue weighted by Gasteiger charge is 2.32. The van der Waals surface area contributed by atoms with Crippen molar-refractivity contribution in [3.8, 4) is 5.69 Å². The first kappa shape index (κ1) is 21.3. The van der Waals surface area contributed by atoms with Crippen LogP contribution in [0.25, 0.3) is 16.7 Å². The van der Waals surface area contributed by atoms with Gasteiger partial charge in [0.1, 0.15) is 11.3 Å². The molecule has 0 atom stereocenters. The first-order valence-corrected chi connectivity index (χ1v) is 9.80. The third-order valence-electron chi connectivity index (χ3n) is 4.62. The van der Waals surface area contributed by atoms with Crippen LogP contribution in [0.3, 0.4) is 0 Å². The van der Waals surface area contributed by atoms with E-state index < -0.39 is 11.9 Å². The second-order valence-corrected chi connectivity index (χ2v) is 6.58. The van der Waals surface area contributed by atoms with Crippen molar-refractivity contribution in [3.05, 3.63) is 54.1 Å². The highest BCUT2D eigenvalue weighted by molar-refractivity contribution is 5.78. The number of aromatic nitrogens is 3. The lowest BCUT2D eigenvalue weighted by molar-refractivity contribution is -0.141. The molecule has 1 aliphatic rings. The zero-order chi connectivity index (χ0) is 20.9. The van der Waals surface area contributed by atoms with E-state index in [1.54, 1.807) is 10.8 Å². The smallest absolute Gasteiger partial charge is 0.380 e. The largest absolute Gasteiger partial charge is 0.433 e. The van der Waals surface area contributed by atoms with Crippen LogP contribution in [0.15, 0.2) is 42.9 Å². The molecule has 0 N–H and O–H groups in total. The van der Waals surface area contributed by atoms with E-state index in [0.29, 0.717) is 11.3 Å². The van der Waals surface area contributed by atoms with Gasteiger partial charge < -0.3 is 4.74 Å². The molecule has 1 aliphatic heterocycles. The van der Waals surface area contributed by atoms with E-state index >= 15 is 0 Å². The SMILES string of the molecule is CC.FC(F)(F)c1ccc(-n2ccc3cc(CN4CCCOCC4)cnc32)cn1. The highest BCUT2D eigenvalue weighted by Crippen LogP contribution is 2.28. The molecular weight excluding hydrogens is 381 g/mol. The number of fused-ring (bicyclic) bond motifs is 1. The minimum Gasteiger partial charge on any atom is -0.380 e. The molecule has 1 fully saturated rings. The van der Waals surface area contributed by atoms with Crippen molar-refractivity contribution >= 4 is 11.0 Å². The number of ether oxygens (including phenoxy) is 1. The van der Waals surface area contributed by atoms with Crippen LogP contribution in [0.5, 0.6) is 0 Å². The van der Waals surface area contributed by atoms with Gasteiger partial charge in [-0.25, -0.2) is 9.97 Å². The second-order valence-electron chi connectivity index (χ2n) is 6.58. The van der Waals surface area contributed by atoms with E-state index in [1.807, 2.05) is 26.1 Å². The van der Waals surface area contributed by atoms with Crippen molar-refractivity contribution in [1.82, 2.24) is 19.4 Å². The van der Waals surface area contributed by atoms with Crippen molar-refractivity contribution in [2.24, 2.45) is 0 Å². The molecule has 0 unspecified atom stereocenters. The van der Waals surface area contributed by atoms with Gasteiger partial charge >= 0.3 is 6.18 Å². The molecule has 1 saturated heterocycles. The molecule has 8 heteroatoms. The van der Waals surface area contributed by atoms with Crippen LogP contribution < -0.4 is 0 Å². The molecule has 0 bridgehead atoms. The van der Waals surface area contributed by atoms with Crippen LogP contribution >= 0.6 is 0 Å². The Morgan fingerprint density at radius 1 is 1.03 bits per heavy atom. The van der Waals surface area contributed by atoms with Gasteiger partial charge in [-0.3, -0.25) is 9.47 Å². The minimum absolute atomic E-state index is 0.544. The van der Waals surface area contributed by atoms with Crippen LogP contribution in [-0.2, 0) is 17.5 Å². The lowest BCUT2D eigenvalue weighted by Gasteiger charge is -2.18. The van der Waals surface area contributed by atoms with Gasteiger partial charge in [-0.05, 0) is 36.2 Å². The van der Waals surface area contributed by atoms with Crippen molar-refractivity contribution < 1.29 is 17.9 Å². The Balaban J connectivity index is 0.00000117. The van der Waals surface area contributed by atoms with Crippen molar-refractivity contribution in [1.29, 1.82) is 0 Å². The first-order chi connectivity index (χ1) is 14.0. The summed E-state index contributed by atoms with van der Waals surface area (Å²) >= 11 is 0. The fourth-order valence-electron chi connectivity index (χ4n) is 3.27. The zero-order valence-electron chi connectivity index (χ0n) is 16.6. The predicted molar refractivity (Wildman–Crippen MR) is 106 cm³/mol. The third kappa shape index (κ3) is 5.13. The molecule has 156 valence electrons. The molecule has 3 aromatic rings. The topological polar surface area (TPSA) is 43.2 Å². The molecule has 5 nitrogen and oxygen atoms in total. The molecule has 29 heavy (non-hydrogen) atoms. The summed E-state index contributed by atoms with van der Waals surface area (Å²) in [5, 5.41) is 0.943. The molecule has 0 radical (unpaired) electrons. The van der Waals surface area contributed by atoms with Crippen LogP contribution in [0.2, 0.25) is 0 Å². The van der Waals surface area contributed by atoms with E-state index in [4.69, 9.17) is 4.74 Å². The standard InChI is InChI=1S/C19H19F3N4O.C2H6/c20-19(21,22)17-3-2-16(12-23-17)26-6-4-15-10-14(11-24-18(15)26)13-25-5-1-8-27-9-7-25;1-2/h2-4,6,10-12H,1,5,7-9,13H2;1-2H3. The maximum atomic E-state index is 12.7. The van der Waals surface area contributed by atoms with Crippen LogP contribution in [-0.4, -0.2) is 45.7 Å². The lowest BCUT2D eigenvalue weighted by atomic mass is 10.2. The molecule has 0 saturated carbocycles. The Hall–Kier alpha value is -2.45. The van der Waals surface area contributed by atoms with Gasteiger partial charge in [0.25, 0.3) is 0 Å². The third-order valence-corrected chi connectivity index (χ3v) is 4.62. The molecule has 0 amide bonds. The summed E-state index contributed by atoms with van der Waals surface area (Å²) in [5.41, 5.74) is 1.44. The fraction of sp³-hybridized carbons (Fsp3) is 0.429. The second kappa shape index (κ2) is 9.37. The van der Waals surface area contributed by atoms with Crippen molar-refractivity contribution in [2.45, 2.75) is 33.0 Å². The predicted octanol–water partition coefficient (Wildman–Crippen LogP) is 4.69. The van der Waals surface area contributed by atoms with Crippen molar-refractivity contribution in [3.63, 3.8) is 0 Å². The minimum atomic E-state index is -4.44. The van der Waals surface area contributed by atoms with Crippen LogP contribution in [0.4, 0.5) is 13.2 Å². The quantitative estimate of drug-likeness (QED) is 0.633. The molecule has 0 aromatic carbocycles. The summed E-state index contributed by atoms with van der Waals surface area (Å²) in [6.45, 7) is 8.25. The van der Waals surface area contributed by atoms with Crippen LogP contribution in [0, 0.1) is 0 Å². The maximum Gasteiger partial charge on any atom is 0.433 e. The zero-order valence-corrected chi connectivity index (χ0v) is 16.6. The van der Waals surface area contributed by atoms with E-state index in [-0.39, 0.29) is 0 Å². The lowest BCUT2D eigenvalue weighted by Crippen LogP contribution is -2.25. The summed E-state index contributed by atoms with van der Waals surface area (Å²) in [7, 11) is 0. The first-order valence-electron chi connectivity index (χ1n) is 9.80. The Morgan fingerprint density at radius 3 is 2.59 bits per heavy atom. The summed E-state index contributed by atoms with van der Waals surface area (Å²) in [4.78, 5) is 10.4. The Bertz CT molecular complexity index is 914. The van der Waals surface area contributed by atoms with E-state index in [2.05, 4.69) is 20.9 Å². The van der Waals surface area contributed by atoms with E-state index in [1.165, 1.54) is 12.3 Å². The number of hydrogen-bond donors (Lipinski definition) is 0. The summed E-state index contributed by atoms with van der Waals surface area (Å²) in [6, 6.07) is 6.37. The molecule has 0 spiro atoms. The number of nitrogens with zero attached hydrogens (tertiary/aromatic N) is 4. The Labute approximate surface area is 168 Å². The van der Waals surface area contributed by atoms with Crippen LogP contribution in [0.1, 0.15) is 31.5 Å². The van der Waals surface area contributed by atoms with Gasteiger partial charge in [0.2, 0.25) is 0 Å². The van der Waals surface area contributed by atoms with E-state index in [0.717, 1.165) is 56.3 Å². The van der Waals surface area contributed by atoms with Gasteiger partial charge in [-0.1, -0.05) is 13.8 Å². The number of pyridine rings is 2. The van der Waals surface area contributed by atoms with Gasteiger partial charge in [0.15, 0.2) is 0 Å². The summed E-state index contributed by atoms with van der Waals surface area (Å²) in [6.07, 6.45) is 1.42. The normalized spacial score (nSPS) is 15.6. The highest BCUT2D eigenvalue weighted by atomic mass is 19.4. The Morgan fingerprint density at radius 2 is 1.86 bits per heavy atom. The van der Waals surface area contributed by atoms with Gasteiger partial charge in [-0.2, -0.15) is 13.2 Å². The maximum absolute atomic E-state index is 12.7. The van der Waals surface area contributed by atoms with Crippen molar-refractivity contribution in [2.75, 3.05) is 26.3 Å². The fourth-order valence-corrected chi connectivity index (χ4v) is 3.27. The average molecular weight is 406 g/mol. The summed E-state index contributed by atoms with van der Waals surface area (Å²) in [5.74, 6) is 0. The number of halogens is 3. The molecule has 0 aliphatic carbocycles. The summed E-state index contributed by atoms with van der Waals surface area (Å²) < 4.78 is 45.3. The monoisotopic (exact) mass is 406 g/mol. The average Bonchev–Trinajstić information content (AvgIpc) is 2.97. The van der Waals surface area contributed by atoms with E-state index in [9.17, 15) is 13.2 Å². The molecule has 4 heterocycles. The Kier molecular flexibility index (Phi) is 6.87. The molecule has 3 aromatic heterocycles. The molecule has 4 rings (SSSR count). The number of hydrogen-bond acceptors (Lipinski definition) is 4. The van der Waals surface area contributed by atoms with Gasteiger partial charge in [0, 0.05) is 44.0 Å². The number of alkyl halides is 3. The van der Waals surface area contributed by atoms with Gasteiger partial charge in [-0.15, -0.1) is 0 Å². The molecular formula is C21H25F3N4O. The number of rotatable bonds is 3.